The third-order valence-electron chi connectivity index (χ3n) is 5.10. The van der Waals surface area contributed by atoms with Crippen LogP contribution < -0.4 is 4.74 Å². The van der Waals surface area contributed by atoms with Gasteiger partial charge in [-0.1, -0.05) is 23.2 Å². The van der Waals surface area contributed by atoms with Crippen molar-refractivity contribution >= 4 is 5.91 Å². The molecule has 2 aromatic heterocycles. The molecule has 1 atom stereocenters. The molecule has 4 rings (SSSR count). The minimum absolute atomic E-state index is 0.158. The molecule has 0 bridgehead atoms. The van der Waals surface area contributed by atoms with E-state index in [0.29, 0.717) is 18.0 Å². The molecule has 0 unspecified atom stereocenters. The van der Waals surface area contributed by atoms with Gasteiger partial charge < -0.3 is 18.7 Å². The van der Waals surface area contributed by atoms with Gasteiger partial charge in [0.15, 0.2) is 5.76 Å². The lowest BCUT2D eigenvalue weighted by Crippen LogP contribution is -2.34. The summed E-state index contributed by atoms with van der Waals surface area (Å²) in [4.78, 5) is 14.8. The van der Waals surface area contributed by atoms with Crippen molar-refractivity contribution in [3.8, 4) is 17.0 Å². The van der Waals surface area contributed by atoms with Crippen LogP contribution in [-0.2, 0) is 0 Å². The quantitative estimate of drug-likeness (QED) is 0.666. The normalized spacial score (nSPS) is 17.4. The molecule has 3 aromatic rings. The van der Waals surface area contributed by atoms with Crippen LogP contribution in [0.3, 0.4) is 0 Å². The fourth-order valence-corrected chi connectivity index (χ4v) is 3.60. The first-order valence-corrected chi connectivity index (χ1v) is 9.51. The summed E-state index contributed by atoms with van der Waals surface area (Å²) in [5.41, 5.74) is 2.37. The molecule has 1 aromatic carbocycles. The molecule has 0 aliphatic carbocycles. The van der Waals surface area contributed by atoms with Gasteiger partial charge in [0.25, 0.3) is 5.91 Å². The molecule has 1 saturated heterocycles. The Morgan fingerprint density at radius 2 is 1.93 bits per heavy atom. The number of methoxy groups -OCH3 is 1. The van der Waals surface area contributed by atoms with Gasteiger partial charge in [0.2, 0.25) is 5.76 Å². The SMILES string of the molecule is COc1ccc(-c2cc([C@@H]3CCCCCN3C(=O)c3cc(C)no3)on2)cc1. The highest BCUT2D eigenvalue weighted by molar-refractivity contribution is 5.91. The monoisotopic (exact) mass is 381 g/mol. The van der Waals surface area contributed by atoms with Crippen LogP contribution in [0.5, 0.6) is 5.75 Å². The molecule has 0 saturated carbocycles. The first-order chi connectivity index (χ1) is 13.7. The summed E-state index contributed by atoms with van der Waals surface area (Å²) >= 11 is 0. The number of nitrogens with zero attached hydrogens (tertiary/aromatic N) is 3. The first-order valence-electron chi connectivity index (χ1n) is 9.51. The summed E-state index contributed by atoms with van der Waals surface area (Å²) in [6.07, 6.45) is 3.89. The number of rotatable bonds is 4. The lowest BCUT2D eigenvalue weighted by Gasteiger charge is -2.27. The summed E-state index contributed by atoms with van der Waals surface area (Å²) in [6.45, 7) is 2.46. The van der Waals surface area contributed by atoms with Crippen LogP contribution in [0.15, 0.2) is 45.4 Å². The van der Waals surface area contributed by atoms with E-state index in [9.17, 15) is 4.79 Å². The second-order valence-corrected chi connectivity index (χ2v) is 7.04. The Bertz CT molecular complexity index is 945. The number of amides is 1. The standard InChI is InChI=1S/C21H23N3O4/c1-14-12-20(28-22-14)21(25)24-11-5-3-4-6-18(24)19-13-17(23-27-19)15-7-9-16(26-2)10-8-15/h7-10,12-13,18H,3-6,11H2,1-2H3/t18-/m0/s1. The van der Waals surface area contributed by atoms with Gasteiger partial charge in [-0.15, -0.1) is 0 Å². The predicted molar refractivity (Wildman–Crippen MR) is 102 cm³/mol. The van der Waals surface area contributed by atoms with Gasteiger partial charge >= 0.3 is 0 Å². The maximum absolute atomic E-state index is 13.0. The molecule has 0 radical (unpaired) electrons. The lowest BCUT2D eigenvalue weighted by atomic mass is 10.1. The van der Waals surface area contributed by atoms with Crippen molar-refractivity contribution in [3.63, 3.8) is 0 Å². The first kappa shape index (κ1) is 18.3. The number of benzene rings is 1. The maximum Gasteiger partial charge on any atom is 0.293 e. The maximum atomic E-state index is 13.0. The Morgan fingerprint density at radius 1 is 1.11 bits per heavy atom. The molecule has 146 valence electrons. The van der Waals surface area contributed by atoms with Crippen LogP contribution in [0.1, 0.15) is 53.7 Å². The van der Waals surface area contributed by atoms with Gasteiger partial charge in [0, 0.05) is 24.2 Å². The van der Waals surface area contributed by atoms with Crippen molar-refractivity contribution in [2.24, 2.45) is 0 Å². The number of likely N-dealkylation sites (tertiary alicyclic amines) is 1. The minimum Gasteiger partial charge on any atom is -0.497 e. The topological polar surface area (TPSA) is 81.6 Å². The predicted octanol–water partition coefficient (Wildman–Crippen LogP) is 4.40. The van der Waals surface area contributed by atoms with Crippen molar-refractivity contribution in [1.29, 1.82) is 0 Å². The van der Waals surface area contributed by atoms with Crippen LogP contribution in [0.2, 0.25) is 0 Å². The van der Waals surface area contributed by atoms with Crippen LogP contribution in [-0.4, -0.2) is 34.8 Å². The van der Waals surface area contributed by atoms with Crippen molar-refractivity contribution in [1.82, 2.24) is 15.2 Å². The van der Waals surface area contributed by atoms with Gasteiger partial charge in [0.1, 0.15) is 11.4 Å². The lowest BCUT2D eigenvalue weighted by molar-refractivity contribution is 0.0609. The van der Waals surface area contributed by atoms with E-state index in [1.165, 1.54) is 0 Å². The van der Waals surface area contributed by atoms with Crippen LogP contribution in [0, 0.1) is 6.92 Å². The van der Waals surface area contributed by atoms with Gasteiger partial charge in [-0.05, 0) is 44.0 Å². The second kappa shape index (κ2) is 7.88. The molecule has 7 nitrogen and oxygen atoms in total. The van der Waals surface area contributed by atoms with Gasteiger partial charge in [-0.25, -0.2) is 0 Å². The van der Waals surface area contributed by atoms with E-state index in [0.717, 1.165) is 42.7 Å². The summed E-state index contributed by atoms with van der Waals surface area (Å²) in [6, 6.07) is 11.1. The van der Waals surface area contributed by atoms with Gasteiger partial charge in [0.05, 0.1) is 18.8 Å². The molecule has 1 aliphatic rings. The third kappa shape index (κ3) is 3.65. The van der Waals surface area contributed by atoms with Crippen LogP contribution >= 0.6 is 0 Å². The molecular formula is C21H23N3O4. The average molecular weight is 381 g/mol. The van der Waals surface area contributed by atoms with E-state index in [-0.39, 0.29) is 17.7 Å². The van der Waals surface area contributed by atoms with Crippen molar-refractivity contribution < 1.29 is 18.6 Å². The van der Waals surface area contributed by atoms with Crippen molar-refractivity contribution in [3.05, 3.63) is 53.6 Å². The number of carbonyl (C=O) groups is 1. The van der Waals surface area contributed by atoms with E-state index in [4.69, 9.17) is 13.8 Å². The fourth-order valence-electron chi connectivity index (χ4n) is 3.60. The van der Waals surface area contributed by atoms with E-state index < -0.39 is 0 Å². The highest BCUT2D eigenvalue weighted by Crippen LogP contribution is 2.34. The van der Waals surface area contributed by atoms with E-state index in [1.54, 1.807) is 20.1 Å². The largest absolute Gasteiger partial charge is 0.497 e. The molecule has 28 heavy (non-hydrogen) atoms. The zero-order valence-corrected chi connectivity index (χ0v) is 16.1. The Morgan fingerprint density at radius 3 is 2.64 bits per heavy atom. The zero-order chi connectivity index (χ0) is 19.5. The van der Waals surface area contributed by atoms with E-state index in [1.807, 2.05) is 35.2 Å². The Kier molecular flexibility index (Phi) is 5.14. The van der Waals surface area contributed by atoms with E-state index in [2.05, 4.69) is 10.3 Å². The highest BCUT2D eigenvalue weighted by atomic mass is 16.5. The molecule has 1 amide bonds. The third-order valence-corrected chi connectivity index (χ3v) is 5.10. The molecular weight excluding hydrogens is 358 g/mol. The summed E-state index contributed by atoms with van der Waals surface area (Å²) in [5.74, 6) is 1.59. The smallest absolute Gasteiger partial charge is 0.293 e. The minimum atomic E-state index is -0.167. The Balaban J connectivity index is 1.61. The summed E-state index contributed by atoms with van der Waals surface area (Å²) < 4.78 is 16.1. The molecule has 3 heterocycles. The molecule has 0 spiro atoms. The van der Waals surface area contributed by atoms with Crippen molar-refractivity contribution in [2.75, 3.05) is 13.7 Å². The number of aromatic nitrogens is 2. The van der Waals surface area contributed by atoms with Gasteiger partial charge in [-0.2, -0.15) is 0 Å². The summed E-state index contributed by atoms with van der Waals surface area (Å²) in [7, 11) is 1.64. The van der Waals surface area contributed by atoms with Crippen molar-refractivity contribution in [2.45, 2.75) is 38.6 Å². The number of carbonyl (C=O) groups excluding carboxylic acids is 1. The van der Waals surface area contributed by atoms with Crippen LogP contribution in [0.25, 0.3) is 11.3 Å². The number of hydrogen-bond donors (Lipinski definition) is 0. The molecule has 7 heteroatoms. The summed E-state index contributed by atoms with van der Waals surface area (Å²) in [5, 5.41) is 8.07. The zero-order valence-electron chi connectivity index (χ0n) is 16.1. The molecule has 1 aliphatic heterocycles. The number of aryl methyl sites for hydroxylation is 1. The highest BCUT2D eigenvalue weighted by Gasteiger charge is 2.32. The van der Waals surface area contributed by atoms with Gasteiger partial charge in [-0.3, -0.25) is 4.79 Å². The molecule has 0 N–H and O–H groups in total. The molecule has 1 fully saturated rings. The van der Waals surface area contributed by atoms with Crippen LogP contribution in [0.4, 0.5) is 0 Å². The van der Waals surface area contributed by atoms with E-state index >= 15 is 0 Å². The fraction of sp³-hybridized carbons (Fsp3) is 0.381. The Hall–Kier alpha value is -3.09. The number of hydrogen-bond acceptors (Lipinski definition) is 6. The second-order valence-electron chi connectivity index (χ2n) is 7.04. The number of ether oxygens (including phenoxy) is 1. The average Bonchev–Trinajstić information content (AvgIpc) is 3.31. The Labute approximate surface area is 163 Å².